The van der Waals surface area contributed by atoms with Gasteiger partial charge in [0.25, 0.3) is 0 Å². The van der Waals surface area contributed by atoms with Crippen LogP contribution in [0.5, 0.6) is 0 Å². The number of nitrogens with one attached hydrogen (secondary N) is 1. The SMILES string of the molecule is CCCCCC(C)c1c[nH]c2c(C(F)(F)F)cccc12. The van der Waals surface area contributed by atoms with Crippen LogP contribution in [-0.2, 0) is 6.18 Å². The van der Waals surface area contributed by atoms with E-state index in [0.717, 1.165) is 30.9 Å². The van der Waals surface area contributed by atoms with Gasteiger partial charge in [-0.1, -0.05) is 45.2 Å². The number of benzene rings is 1. The molecule has 1 aromatic carbocycles. The number of aromatic nitrogens is 1. The molecule has 0 saturated carbocycles. The van der Waals surface area contributed by atoms with Gasteiger partial charge < -0.3 is 4.98 Å². The van der Waals surface area contributed by atoms with E-state index in [9.17, 15) is 13.2 Å². The molecule has 0 aliphatic carbocycles. The van der Waals surface area contributed by atoms with E-state index in [1.165, 1.54) is 12.5 Å². The third kappa shape index (κ3) is 3.00. The molecule has 0 aliphatic rings. The molecule has 1 nitrogen and oxygen atoms in total. The first-order valence-electron chi connectivity index (χ1n) is 7.12. The predicted octanol–water partition coefficient (Wildman–Crippen LogP) is 5.87. The van der Waals surface area contributed by atoms with Gasteiger partial charge in [0.05, 0.1) is 11.1 Å². The number of rotatable bonds is 5. The molecule has 1 atom stereocenters. The summed E-state index contributed by atoms with van der Waals surface area (Å²) in [5.41, 5.74) is 0.613. The fraction of sp³-hybridized carbons (Fsp3) is 0.500. The van der Waals surface area contributed by atoms with Crippen molar-refractivity contribution in [3.63, 3.8) is 0 Å². The number of halogens is 3. The van der Waals surface area contributed by atoms with E-state index >= 15 is 0 Å². The summed E-state index contributed by atoms with van der Waals surface area (Å²) >= 11 is 0. The largest absolute Gasteiger partial charge is 0.418 e. The molecule has 2 rings (SSSR count). The van der Waals surface area contributed by atoms with Crippen LogP contribution in [0.1, 0.15) is 56.6 Å². The highest BCUT2D eigenvalue weighted by molar-refractivity contribution is 5.87. The maximum Gasteiger partial charge on any atom is 0.418 e. The van der Waals surface area contributed by atoms with Crippen LogP contribution in [0.2, 0.25) is 0 Å². The average Bonchev–Trinajstić information content (AvgIpc) is 2.81. The Morgan fingerprint density at radius 1 is 1.20 bits per heavy atom. The van der Waals surface area contributed by atoms with Gasteiger partial charge in [-0.15, -0.1) is 0 Å². The highest BCUT2D eigenvalue weighted by Gasteiger charge is 2.33. The first-order chi connectivity index (χ1) is 9.45. The normalized spacial score (nSPS) is 13.8. The highest BCUT2D eigenvalue weighted by Crippen LogP contribution is 2.37. The van der Waals surface area contributed by atoms with E-state index in [4.69, 9.17) is 0 Å². The Balaban J connectivity index is 2.33. The number of fused-ring (bicyclic) bond motifs is 1. The molecule has 1 aromatic heterocycles. The van der Waals surface area contributed by atoms with Gasteiger partial charge in [0, 0.05) is 11.6 Å². The van der Waals surface area contributed by atoms with E-state index in [2.05, 4.69) is 18.8 Å². The van der Waals surface area contributed by atoms with Crippen molar-refractivity contribution in [3.8, 4) is 0 Å². The third-order valence-corrected chi connectivity index (χ3v) is 3.82. The lowest BCUT2D eigenvalue weighted by molar-refractivity contribution is -0.136. The topological polar surface area (TPSA) is 15.8 Å². The van der Waals surface area contributed by atoms with Crippen molar-refractivity contribution in [3.05, 3.63) is 35.5 Å². The maximum absolute atomic E-state index is 13.0. The fourth-order valence-electron chi connectivity index (χ4n) is 2.68. The molecular weight excluding hydrogens is 263 g/mol. The van der Waals surface area contributed by atoms with Crippen LogP contribution in [0, 0.1) is 0 Å². The molecule has 20 heavy (non-hydrogen) atoms. The van der Waals surface area contributed by atoms with Crippen LogP contribution in [-0.4, -0.2) is 4.98 Å². The molecular formula is C16H20F3N. The Kier molecular flexibility index (Phi) is 4.41. The number of hydrogen-bond acceptors (Lipinski definition) is 0. The summed E-state index contributed by atoms with van der Waals surface area (Å²) in [5.74, 6) is 0.277. The smallest absolute Gasteiger partial charge is 0.360 e. The Morgan fingerprint density at radius 2 is 1.95 bits per heavy atom. The summed E-state index contributed by atoms with van der Waals surface area (Å²) in [6.45, 7) is 4.23. The lowest BCUT2D eigenvalue weighted by Gasteiger charge is -2.11. The standard InChI is InChI=1S/C16H20F3N/c1-3-4-5-7-11(2)13-10-20-15-12(13)8-6-9-14(15)16(17,18)19/h6,8-11,20H,3-5,7H2,1-2H3. The van der Waals surface area contributed by atoms with Crippen molar-refractivity contribution in [2.24, 2.45) is 0 Å². The van der Waals surface area contributed by atoms with Crippen molar-refractivity contribution in [1.29, 1.82) is 0 Å². The fourth-order valence-corrected chi connectivity index (χ4v) is 2.68. The quantitative estimate of drug-likeness (QED) is 0.660. The lowest BCUT2D eigenvalue weighted by atomic mass is 9.94. The van der Waals surface area contributed by atoms with Gasteiger partial charge in [0.15, 0.2) is 0 Å². The Labute approximate surface area is 117 Å². The molecule has 110 valence electrons. The summed E-state index contributed by atoms with van der Waals surface area (Å²) in [4.78, 5) is 2.81. The van der Waals surface area contributed by atoms with E-state index in [1.54, 1.807) is 12.3 Å². The first kappa shape index (κ1) is 14.9. The van der Waals surface area contributed by atoms with Gasteiger partial charge in [-0.25, -0.2) is 0 Å². The van der Waals surface area contributed by atoms with Gasteiger partial charge in [0.2, 0.25) is 0 Å². The van der Waals surface area contributed by atoms with E-state index in [-0.39, 0.29) is 11.4 Å². The Morgan fingerprint density at radius 3 is 2.60 bits per heavy atom. The van der Waals surface area contributed by atoms with Gasteiger partial charge in [-0.05, 0) is 24.0 Å². The van der Waals surface area contributed by atoms with Gasteiger partial charge >= 0.3 is 6.18 Å². The number of alkyl halides is 3. The summed E-state index contributed by atoms with van der Waals surface area (Å²) in [6.07, 6.45) is 1.86. The zero-order valence-corrected chi connectivity index (χ0v) is 11.8. The number of para-hydroxylation sites is 1. The monoisotopic (exact) mass is 283 g/mol. The second kappa shape index (κ2) is 5.90. The minimum atomic E-state index is -4.31. The van der Waals surface area contributed by atoms with Crippen molar-refractivity contribution >= 4 is 10.9 Å². The minimum absolute atomic E-state index is 0.206. The molecule has 0 aliphatic heterocycles. The van der Waals surface area contributed by atoms with E-state index < -0.39 is 11.7 Å². The van der Waals surface area contributed by atoms with Gasteiger partial charge in [-0.2, -0.15) is 13.2 Å². The van der Waals surface area contributed by atoms with Gasteiger partial charge in [-0.3, -0.25) is 0 Å². The molecule has 0 amide bonds. The van der Waals surface area contributed by atoms with Crippen LogP contribution in [0.3, 0.4) is 0 Å². The number of hydrogen-bond donors (Lipinski definition) is 1. The number of aromatic amines is 1. The van der Waals surface area contributed by atoms with E-state index in [0.29, 0.717) is 5.39 Å². The average molecular weight is 283 g/mol. The van der Waals surface area contributed by atoms with Crippen molar-refractivity contribution < 1.29 is 13.2 Å². The van der Waals surface area contributed by atoms with Crippen molar-refractivity contribution in [2.45, 2.75) is 51.6 Å². The zero-order chi connectivity index (χ0) is 14.8. The second-order valence-electron chi connectivity index (χ2n) is 5.37. The molecule has 0 radical (unpaired) electrons. The van der Waals surface area contributed by atoms with Crippen LogP contribution >= 0.6 is 0 Å². The van der Waals surface area contributed by atoms with Crippen LogP contribution < -0.4 is 0 Å². The number of H-pyrrole nitrogens is 1. The third-order valence-electron chi connectivity index (χ3n) is 3.82. The molecule has 0 spiro atoms. The maximum atomic E-state index is 13.0. The van der Waals surface area contributed by atoms with E-state index in [1.807, 2.05) is 0 Å². The number of unbranched alkanes of at least 4 members (excludes halogenated alkanes) is 2. The Hall–Kier alpha value is -1.45. The second-order valence-corrected chi connectivity index (χ2v) is 5.37. The molecule has 1 N–H and O–H groups in total. The van der Waals surface area contributed by atoms with Crippen LogP contribution in [0.4, 0.5) is 13.2 Å². The molecule has 0 fully saturated rings. The van der Waals surface area contributed by atoms with Crippen LogP contribution in [0.15, 0.2) is 24.4 Å². The van der Waals surface area contributed by atoms with Crippen molar-refractivity contribution in [2.75, 3.05) is 0 Å². The molecule has 0 saturated heterocycles. The summed E-state index contributed by atoms with van der Waals surface area (Å²) in [7, 11) is 0. The molecule has 1 unspecified atom stereocenters. The minimum Gasteiger partial charge on any atom is -0.360 e. The molecule has 1 heterocycles. The molecule has 4 heteroatoms. The molecule has 0 bridgehead atoms. The molecule has 2 aromatic rings. The van der Waals surface area contributed by atoms with Crippen molar-refractivity contribution in [1.82, 2.24) is 4.98 Å². The summed E-state index contributed by atoms with van der Waals surface area (Å²) in [6, 6.07) is 4.39. The summed E-state index contributed by atoms with van der Waals surface area (Å²) in [5, 5.41) is 0.698. The van der Waals surface area contributed by atoms with Gasteiger partial charge in [0.1, 0.15) is 0 Å². The highest BCUT2D eigenvalue weighted by atomic mass is 19.4. The Bertz CT molecular complexity index is 569. The first-order valence-corrected chi connectivity index (χ1v) is 7.12. The van der Waals surface area contributed by atoms with Crippen LogP contribution in [0.25, 0.3) is 10.9 Å². The summed E-state index contributed by atoms with van der Waals surface area (Å²) < 4.78 is 38.9. The zero-order valence-electron chi connectivity index (χ0n) is 11.8. The lowest BCUT2D eigenvalue weighted by Crippen LogP contribution is -2.05. The predicted molar refractivity (Wildman–Crippen MR) is 75.9 cm³/mol.